The molecule has 1 aromatic rings. The molecular weight excluding hydrogens is 344 g/mol. The summed E-state index contributed by atoms with van der Waals surface area (Å²) >= 11 is 1.49. The highest BCUT2D eigenvalue weighted by Gasteiger charge is 2.33. The number of nitrogens with two attached hydrogens (primary N) is 1. The van der Waals surface area contributed by atoms with E-state index in [0.717, 1.165) is 32.5 Å². The van der Waals surface area contributed by atoms with Crippen molar-refractivity contribution in [1.29, 1.82) is 0 Å². The molecule has 12 heteroatoms. The highest BCUT2D eigenvalue weighted by atomic mass is 32.2. The summed E-state index contributed by atoms with van der Waals surface area (Å²) in [4.78, 5) is 58.1. The molecule has 2 aliphatic rings. The minimum atomic E-state index is -0.335. The number of aromatic nitrogens is 3. The average Bonchev–Trinajstić information content (AvgIpc) is 2.97. The van der Waals surface area contributed by atoms with Crippen LogP contribution in [0.3, 0.4) is 0 Å². The molecule has 23 heavy (non-hydrogen) atoms. The maximum Gasteiger partial charge on any atom is 0.240 e. The summed E-state index contributed by atoms with van der Waals surface area (Å²) in [6.07, 6.45) is 0.575. The van der Waals surface area contributed by atoms with Crippen molar-refractivity contribution in [1.82, 2.24) is 23.6 Å². The van der Waals surface area contributed by atoms with Crippen LogP contribution in [0.1, 0.15) is 25.7 Å². The van der Waals surface area contributed by atoms with Crippen LogP contribution in [0.25, 0.3) is 0 Å². The van der Waals surface area contributed by atoms with Crippen molar-refractivity contribution in [2.75, 3.05) is 5.73 Å². The summed E-state index contributed by atoms with van der Waals surface area (Å²) < 4.78 is 1.94. The van der Waals surface area contributed by atoms with Gasteiger partial charge in [-0.15, -0.1) is 0 Å². The van der Waals surface area contributed by atoms with E-state index < -0.39 is 0 Å². The Kier molecular flexibility index (Phi) is 4.17. The number of imide groups is 2. The van der Waals surface area contributed by atoms with Crippen LogP contribution in [0.4, 0.5) is 5.95 Å². The lowest BCUT2D eigenvalue weighted by molar-refractivity contribution is -0.133. The van der Waals surface area contributed by atoms with Gasteiger partial charge in [0.15, 0.2) is 0 Å². The summed E-state index contributed by atoms with van der Waals surface area (Å²) in [5, 5.41) is 0.0883. The molecule has 2 saturated heterocycles. The van der Waals surface area contributed by atoms with Crippen molar-refractivity contribution in [3.63, 3.8) is 0 Å². The average molecular weight is 354 g/mol. The highest BCUT2D eigenvalue weighted by Crippen LogP contribution is 2.30. The number of hydrogen-bond donors (Lipinski definition) is 1. The van der Waals surface area contributed by atoms with Crippen molar-refractivity contribution < 1.29 is 19.2 Å². The lowest BCUT2D eigenvalue weighted by Crippen LogP contribution is -2.23. The summed E-state index contributed by atoms with van der Waals surface area (Å²) in [6.45, 7) is 0. The van der Waals surface area contributed by atoms with Crippen LogP contribution in [-0.4, -0.2) is 47.2 Å². The number of anilines is 1. The Labute approximate surface area is 138 Å². The van der Waals surface area contributed by atoms with Crippen molar-refractivity contribution in [3.8, 4) is 0 Å². The highest BCUT2D eigenvalue weighted by molar-refractivity contribution is 7.98. The topological polar surface area (TPSA) is 139 Å². The largest absolute Gasteiger partial charge is 0.368 e. The van der Waals surface area contributed by atoms with E-state index in [1.807, 2.05) is 0 Å². The van der Waals surface area contributed by atoms with Crippen molar-refractivity contribution in [3.05, 3.63) is 0 Å². The molecule has 4 amide bonds. The second-order valence-electron chi connectivity index (χ2n) is 4.61. The minimum Gasteiger partial charge on any atom is -0.368 e. The molecule has 3 heterocycles. The smallest absolute Gasteiger partial charge is 0.240 e. The summed E-state index contributed by atoms with van der Waals surface area (Å²) in [6, 6.07) is 0. The molecule has 0 radical (unpaired) electrons. The predicted molar refractivity (Wildman–Crippen MR) is 78.1 cm³/mol. The van der Waals surface area contributed by atoms with Gasteiger partial charge in [-0.05, 0) is 0 Å². The standard InChI is InChI=1S/C11H10N6O4S2/c12-9-13-10(22-16-5(18)1-2-6(16)19)15-11(14-9)23-17-7(20)3-4-8(17)21/h1-4H2,(H2,12,13,14,15). The lowest BCUT2D eigenvalue weighted by atomic mass is 10.4. The number of carbonyl (C=O) groups is 4. The molecule has 1 aromatic heterocycles. The van der Waals surface area contributed by atoms with E-state index in [9.17, 15) is 19.2 Å². The van der Waals surface area contributed by atoms with Gasteiger partial charge < -0.3 is 5.73 Å². The van der Waals surface area contributed by atoms with Crippen LogP contribution in [0.2, 0.25) is 0 Å². The fraction of sp³-hybridized carbons (Fsp3) is 0.364. The number of nitrogen functional groups attached to an aromatic ring is 1. The van der Waals surface area contributed by atoms with E-state index in [4.69, 9.17) is 5.73 Å². The Morgan fingerprint density at radius 2 is 1.04 bits per heavy atom. The van der Waals surface area contributed by atoms with Crippen molar-refractivity contribution >= 4 is 53.5 Å². The van der Waals surface area contributed by atoms with Gasteiger partial charge in [-0.1, -0.05) is 0 Å². The second-order valence-corrected chi connectivity index (χ2v) is 6.43. The fourth-order valence-electron chi connectivity index (χ4n) is 1.91. The Morgan fingerprint density at radius 3 is 1.39 bits per heavy atom. The van der Waals surface area contributed by atoms with Gasteiger partial charge in [0.2, 0.25) is 39.9 Å². The van der Waals surface area contributed by atoms with Gasteiger partial charge in [-0.3, -0.25) is 19.2 Å². The van der Waals surface area contributed by atoms with Crippen LogP contribution < -0.4 is 5.73 Å². The molecule has 0 aliphatic carbocycles. The van der Waals surface area contributed by atoms with E-state index in [1.165, 1.54) is 0 Å². The third-order valence-electron chi connectivity index (χ3n) is 2.97. The van der Waals surface area contributed by atoms with Gasteiger partial charge in [0.25, 0.3) is 0 Å². The number of hydrogen-bond acceptors (Lipinski definition) is 10. The van der Waals surface area contributed by atoms with E-state index in [2.05, 4.69) is 15.0 Å². The summed E-state index contributed by atoms with van der Waals surface area (Å²) in [7, 11) is 0. The van der Waals surface area contributed by atoms with Gasteiger partial charge >= 0.3 is 0 Å². The third kappa shape index (κ3) is 3.27. The number of carbonyl (C=O) groups excluding carboxylic acids is 4. The van der Waals surface area contributed by atoms with Crippen LogP contribution in [0, 0.1) is 0 Å². The first kappa shape index (κ1) is 15.7. The van der Waals surface area contributed by atoms with Crippen LogP contribution in [0.15, 0.2) is 10.3 Å². The number of nitrogens with zero attached hydrogens (tertiary/aromatic N) is 5. The first-order valence-electron chi connectivity index (χ1n) is 6.53. The summed E-state index contributed by atoms with van der Waals surface area (Å²) in [5.74, 6) is -1.48. The molecule has 0 unspecified atom stereocenters. The van der Waals surface area contributed by atoms with Gasteiger partial charge in [0.1, 0.15) is 0 Å². The normalized spacial score (nSPS) is 18.4. The molecule has 0 bridgehead atoms. The maximum absolute atomic E-state index is 11.6. The van der Waals surface area contributed by atoms with Gasteiger partial charge in [0.05, 0.1) is 0 Å². The molecule has 0 saturated carbocycles. The monoisotopic (exact) mass is 354 g/mol. The molecule has 3 rings (SSSR count). The van der Waals surface area contributed by atoms with Gasteiger partial charge in [-0.2, -0.15) is 15.0 Å². The van der Waals surface area contributed by atoms with E-state index in [0.29, 0.717) is 0 Å². The maximum atomic E-state index is 11.6. The molecule has 0 spiro atoms. The lowest BCUT2D eigenvalue weighted by Gasteiger charge is -2.13. The van der Waals surface area contributed by atoms with E-state index in [1.54, 1.807) is 0 Å². The van der Waals surface area contributed by atoms with Crippen LogP contribution in [0.5, 0.6) is 0 Å². The Bertz CT molecular complexity index is 638. The zero-order valence-corrected chi connectivity index (χ0v) is 13.2. The number of amides is 4. The zero-order valence-electron chi connectivity index (χ0n) is 11.6. The molecular formula is C11H10N6O4S2. The molecule has 2 fully saturated rings. The quantitative estimate of drug-likeness (QED) is 0.569. The summed E-state index contributed by atoms with van der Waals surface area (Å²) in [5.41, 5.74) is 5.58. The first-order valence-corrected chi connectivity index (χ1v) is 8.08. The minimum absolute atomic E-state index is 0.0442. The Morgan fingerprint density at radius 1 is 0.696 bits per heavy atom. The van der Waals surface area contributed by atoms with Gasteiger partial charge in [-0.25, -0.2) is 8.61 Å². The second kappa shape index (κ2) is 6.12. The molecule has 120 valence electrons. The first-order chi connectivity index (χ1) is 10.9. The molecule has 10 nitrogen and oxygen atoms in total. The molecule has 0 aromatic carbocycles. The van der Waals surface area contributed by atoms with Crippen molar-refractivity contribution in [2.45, 2.75) is 36.0 Å². The van der Waals surface area contributed by atoms with Crippen LogP contribution in [-0.2, 0) is 19.2 Å². The Hall–Kier alpha value is -2.21. The molecule has 2 N–H and O–H groups in total. The van der Waals surface area contributed by atoms with Gasteiger partial charge in [0, 0.05) is 49.6 Å². The molecule has 0 atom stereocenters. The van der Waals surface area contributed by atoms with E-state index in [-0.39, 0.29) is 65.6 Å². The third-order valence-corrected chi connectivity index (χ3v) is 4.84. The van der Waals surface area contributed by atoms with E-state index >= 15 is 0 Å². The fourth-order valence-corrected chi connectivity index (χ4v) is 3.59. The Balaban J connectivity index is 1.79. The van der Waals surface area contributed by atoms with Crippen molar-refractivity contribution in [2.24, 2.45) is 0 Å². The predicted octanol–water partition coefficient (Wildman–Crippen LogP) is -0.234. The van der Waals surface area contributed by atoms with Crippen LogP contribution >= 0.6 is 23.9 Å². The zero-order chi connectivity index (χ0) is 16.6. The SMILES string of the molecule is Nc1nc(SN2C(=O)CCC2=O)nc(SN2C(=O)CCC2=O)n1. The number of rotatable bonds is 4. The molecule has 2 aliphatic heterocycles.